The Morgan fingerprint density at radius 3 is 2.47 bits per heavy atom. The lowest BCUT2D eigenvalue weighted by Crippen LogP contribution is -2.31. The molecule has 1 saturated heterocycles. The van der Waals surface area contributed by atoms with Crippen molar-refractivity contribution in [2.75, 3.05) is 13.2 Å². The molecule has 0 saturated carbocycles. The van der Waals surface area contributed by atoms with Gasteiger partial charge in [0.2, 0.25) is 5.78 Å². The zero-order valence-corrected chi connectivity index (χ0v) is 11.0. The van der Waals surface area contributed by atoms with Gasteiger partial charge >= 0.3 is 5.97 Å². The fraction of sp³-hybridized carbons (Fsp3) is 0.467. The first-order valence-electron chi connectivity index (χ1n) is 6.56. The molecule has 0 bridgehead atoms. The third-order valence-corrected chi connectivity index (χ3v) is 3.28. The number of carbonyl (C=O) groups is 2. The standard InChI is InChI=1S/C15H18O4/c1-11(14(16)12-5-3-2-4-6-12)19-15(17)13-7-9-18-10-8-13/h2-6,11,13H,7-10H2,1H3. The van der Waals surface area contributed by atoms with Crippen LogP contribution in [-0.2, 0) is 14.3 Å². The summed E-state index contributed by atoms with van der Waals surface area (Å²) in [4.78, 5) is 24.0. The highest BCUT2D eigenvalue weighted by Gasteiger charge is 2.26. The summed E-state index contributed by atoms with van der Waals surface area (Å²) < 4.78 is 10.5. The number of hydrogen-bond acceptors (Lipinski definition) is 4. The van der Waals surface area contributed by atoms with E-state index in [1.807, 2.05) is 6.07 Å². The number of benzene rings is 1. The largest absolute Gasteiger partial charge is 0.454 e. The molecular formula is C15H18O4. The van der Waals surface area contributed by atoms with E-state index in [0.717, 1.165) is 0 Å². The summed E-state index contributed by atoms with van der Waals surface area (Å²) in [6, 6.07) is 8.87. The smallest absolute Gasteiger partial charge is 0.309 e. The molecule has 2 rings (SSSR count). The van der Waals surface area contributed by atoms with Crippen LogP contribution in [0.2, 0.25) is 0 Å². The van der Waals surface area contributed by atoms with Crippen LogP contribution in [0, 0.1) is 5.92 Å². The molecule has 0 aliphatic carbocycles. The predicted molar refractivity (Wildman–Crippen MR) is 69.9 cm³/mol. The lowest BCUT2D eigenvalue weighted by atomic mass is 10.0. The molecule has 4 heteroatoms. The van der Waals surface area contributed by atoms with Crippen LogP contribution in [0.3, 0.4) is 0 Å². The van der Waals surface area contributed by atoms with Crippen molar-refractivity contribution in [3.05, 3.63) is 35.9 Å². The first kappa shape index (κ1) is 13.7. The van der Waals surface area contributed by atoms with Crippen LogP contribution in [0.25, 0.3) is 0 Å². The fourth-order valence-electron chi connectivity index (χ4n) is 2.09. The molecule has 0 amide bonds. The third-order valence-electron chi connectivity index (χ3n) is 3.28. The van der Waals surface area contributed by atoms with E-state index in [1.165, 1.54) is 0 Å². The zero-order valence-electron chi connectivity index (χ0n) is 11.0. The second-order valence-electron chi connectivity index (χ2n) is 4.70. The van der Waals surface area contributed by atoms with Crippen molar-refractivity contribution < 1.29 is 19.1 Å². The van der Waals surface area contributed by atoms with Crippen molar-refractivity contribution in [2.24, 2.45) is 5.92 Å². The summed E-state index contributed by atoms with van der Waals surface area (Å²) in [6.45, 7) is 2.79. The molecule has 0 aromatic heterocycles. The topological polar surface area (TPSA) is 52.6 Å². The van der Waals surface area contributed by atoms with Gasteiger partial charge in [-0.25, -0.2) is 0 Å². The van der Waals surface area contributed by atoms with E-state index in [-0.39, 0.29) is 17.7 Å². The van der Waals surface area contributed by atoms with Crippen LogP contribution in [0.1, 0.15) is 30.1 Å². The van der Waals surface area contributed by atoms with Crippen molar-refractivity contribution in [3.63, 3.8) is 0 Å². The average molecular weight is 262 g/mol. The monoisotopic (exact) mass is 262 g/mol. The summed E-state index contributed by atoms with van der Waals surface area (Å²) in [5, 5.41) is 0. The zero-order chi connectivity index (χ0) is 13.7. The Labute approximate surface area is 112 Å². The molecule has 1 aromatic carbocycles. The van der Waals surface area contributed by atoms with Crippen molar-refractivity contribution in [1.29, 1.82) is 0 Å². The van der Waals surface area contributed by atoms with Crippen molar-refractivity contribution in [3.8, 4) is 0 Å². The van der Waals surface area contributed by atoms with Crippen LogP contribution >= 0.6 is 0 Å². The summed E-state index contributed by atoms with van der Waals surface area (Å²) >= 11 is 0. The van der Waals surface area contributed by atoms with Crippen LogP contribution in [0.15, 0.2) is 30.3 Å². The minimum Gasteiger partial charge on any atom is -0.454 e. The molecule has 102 valence electrons. The van der Waals surface area contributed by atoms with Gasteiger partial charge < -0.3 is 9.47 Å². The van der Waals surface area contributed by atoms with Gasteiger partial charge in [0.15, 0.2) is 6.10 Å². The van der Waals surface area contributed by atoms with E-state index in [0.29, 0.717) is 31.6 Å². The van der Waals surface area contributed by atoms with Gasteiger partial charge in [0.05, 0.1) is 5.92 Å². The van der Waals surface area contributed by atoms with Gasteiger partial charge in [-0.05, 0) is 19.8 Å². The Morgan fingerprint density at radius 1 is 1.21 bits per heavy atom. The average Bonchev–Trinajstić information content (AvgIpc) is 2.48. The molecule has 4 nitrogen and oxygen atoms in total. The van der Waals surface area contributed by atoms with E-state index in [2.05, 4.69) is 0 Å². The summed E-state index contributed by atoms with van der Waals surface area (Å²) in [5.74, 6) is -0.596. The van der Waals surface area contributed by atoms with E-state index in [9.17, 15) is 9.59 Å². The SMILES string of the molecule is CC(OC(=O)C1CCOCC1)C(=O)c1ccccc1. The molecule has 1 atom stereocenters. The van der Waals surface area contributed by atoms with Gasteiger partial charge in [0.1, 0.15) is 0 Å². The van der Waals surface area contributed by atoms with Crippen LogP contribution < -0.4 is 0 Å². The highest BCUT2D eigenvalue weighted by molar-refractivity contribution is 6.00. The van der Waals surface area contributed by atoms with E-state index >= 15 is 0 Å². The van der Waals surface area contributed by atoms with Gasteiger partial charge in [-0.3, -0.25) is 9.59 Å². The minimum atomic E-state index is -0.738. The molecule has 1 heterocycles. The molecule has 1 aromatic rings. The van der Waals surface area contributed by atoms with Gasteiger partial charge in [-0.1, -0.05) is 30.3 Å². The van der Waals surface area contributed by atoms with Crippen molar-refractivity contribution in [2.45, 2.75) is 25.9 Å². The quantitative estimate of drug-likeness (QED) is 0.616. The third kappa shape index (κ3) is 3.64. The lowest BCUT2D eigenvalue weighted by Gasteiger charge is -2.22. The summed E-state index contributed by atoms with van der Waals surface area (Å²) in [6.07, 6.45) is 0.605. The molecule has 1 unspecified atom stereocenters. The van der Waals surface area contributed by atoms with Crippen LogP contribution in [-0.4, -0.2) is 31.1 Å². The number of hydrogen-bond donors (Lipinski definition) is 0. The highest BCUT2D eigenvalue weighted by Crippen LogP contribution is 2.18. The molecular weight excluding hydrogens is 244 g/mol. The lowest BCUT2D eigenvalue weighted by molar-refractivity contribution is -0.154. The number of rotatable bonds is 4. The Morgan fingerprint density at radius 2 is 1.84 bits per heavy atom. The maximum Gasteiger partial charge on any atom is 0.309 e. The molecule has 1 aliphatic heterocycles. The maximum absolute atomic E-state index is 12.1. The molecule has 1 aliphatic rings. The Hall–Kier alpha value is -1.68. The first-order valence-corrected chi connectivity index (χ1v) is 6.56. The second kappa shape index (κ2) is 6.48. The Bertz CT molecular complexity index is 435. The second-order valence-corrected chi connectivity index (χ2v) is 4.70. The fourth-order valence-corrected chi connectivity index (χ4v) is 2.09. The van der Waals surface area contributed by atoms with Crippen molar-refractivity contribution in [1.82, 2.24) is 0 Å². The van der Waals surface area contributed by atoms with Crippen molar-refractivity contribution >= 4 is 11.8 Å². The van der Waals surface area contributed by atoms with Gasteiger partial charge in [-0.2, -0.15) is 0 Å². The summed E-state index contributed by atoms with van der Waals surface area (Å²) in [7, 11) is 0. The highest BCUT2D eigenvalue weighted by atomic mass is 16.5. The number of Topliss-reactive ketones (excluding diaryl/α,β-unsaturated/α-hetero) is 1. The molecule has 1 fully saturated rings. The number of ether oxygens (including phenoxy) is 2. The predicted octanol–water partition coefficient (Wildman–Crippen LogP) is 2.23. The van der Waals surface area contributed by atoms with Crippen LogP contribution in [0.4, 0.5) is 0 Å². The molecule has 0 N–H and O–H groups in total. The number of esters is 1. The van der Waals surface area contributed by atoms with E-state index in [1.54, 1.807) is 31.2 Å². The molecule has 0 radical (unpaired) electrons. The molecule has 19 heavy (non-hydrogen) atoms. The normalized spacial score (nSPS) is 17.7. The van der Waals surface area contributed by atoms with Gasteiger partial charge in [-0.15, -0.1) is 0 Å². The van der Waals surface area contributed by atoms with E-state index < -0.39 is 6.10 Å². The number of carbonyl (C=O) groups excluding carboxylic acids is 2. The van der Waals surface area contributed by atoms with Crippen LogP contribution in [0.5, 0.6) is 0 Å². The van der Waals surface area contributed by atoms with Gasteiger partial charge in [0, 0.05) is 18.8 Å². The van der Waals surface area contributed by atoms with E-state index in [4.69, 9.17) is 9.47 Å². The minimum absolute atomic E-state index is 0.139. The maximum atomic E-state index is 12.1. The number of ketones is 1. The Kier molecular flexibility index (Phi) is 4.68. The summed E-state index contributed by atoms with van der Waals surface area (Å²) in [5.41, 5.74) is 0.565. The first-order chi connectivity index (χ1) is 9.18. The Balaban J connectivity index is 1.91. The molecule has 0 spiro atoms. The van der Waals surface area contributed by atoms with Gasteiger partial charge in [0.25, 0.3) is 0 Å².